The van der Waals surface area contributed by atoms with Crippen LogP contribution in [0.5, 0.6) is 0 Å². The highest BCUT2D eigenvalue weighted by molar-refractivity contribution is 5.73. The van der Waals surface area contributed by atoms with E-state index in [9.17, 15) is 4.79 Å². The number of nitrogens with two attached hydrogens (primary N) is 1. The molecule has 4 N–H and O–H groups in total. The summed E-state index contributed by atoms with van der Waals surface area (Å²) in [4.78, 5) is 19.1. The number of carboxylic acids is 1. The molecule has 0 bridgehead atoms. The van der Waals surface area contributed by atoms with Crippen LogP contribution in [0.2, 0.25) is 0 Å². The number of imidazole rings is 1. The zero-order valence-electron chi connectivity index (χ0n) is 11.4. The number of rotatable bonds is 6. The second kappa shape index (κ2) is 9.61. The largest absolute Gasteiger partial charge is 0.480 e. The normalized spacial score (nSPS) is 11.8. The number of aromatic nitrogens is 2. The Bertz CT molecular complexity index is 304. The summed E-state index contributed by atoms with van der Waals surface area (Å²) >= 11 is 0. The third kappa shape index (κ3) is 7.03. The molecule has 18 heavy (non-hydrogen) atoms. The van der Waals surface area contributed by atoms with Gasteiger partial charge in [0, 0.05) is 18.3 Å². The number of nitrogens with zero attached hydrogens (tertiary/aromatic N) is 2. The summed E-state index contributed by atoms with van der Waals surface area (Å²) in [5.74, 6) is -1.00. The number of carboxylic acid groups (broad SMARTS) is 1. The maximum atomic E-state index is 10.3. The molecule has 0 radical (unpaired) electrons. The highest BCUT2D eigenvalue weighted by Crippen LogP contribution is 1.95. The Hall–Kier alpha value is -1.40. The van der Waals surface area contributed by atoms with E-state index >= 15 is 0 Å². The van der Waals surface area contributed by atoms with Gasteiger partial charge in [0.15, 0.2) is 0 Å². The van der Waals surface area contributed by atoms with E-state index in [0.717, 1.165) is 5.69 Å². The average Bonchev–Trinajstić information content (AvgIpc) is 2.85. The van der Waals surface area contributed by atoms with E-state index < -0.39 is 12.0 Å². The predicted octanol–water partition coefficient (Wildman–Crippen LogP) is 0.712. The van der Waals surface area contributed by atoms with Gasteiger partial charge in [0.1, 0.15) is 6.04 Å². The minimum Gasteiger partial charge on any atom is -0.480 e. The number of aliphatic carboxylic acids is 1. The lowest BCUT2D eigenvalue weighted by Crippen LogP contribution is -2.32. The zero-order valence-corrected chi connectivity index (χ0v) is 11.4. The highest BCUT2D eigenvalue weighted by Gasteiger charge is 2.11. The summed E-state index contributed by atoms with van der Waals surface area (Å²) in [6.07, 6.45) is 3.34. The quantitative estimate of drug-likeness (QED) is 0.697. The molecule has 0 amide bonds. The molecule has 1 aromatic rings. The van der Waals surface area contributed by atoms with Crippen molar-refractivity contribution in [2.24, 2.45) is 5.73 Å². The first-order valence-electron chi connectivity index (χ1n) is 6.23. The number of hydrogen-bond acceptors (Lipinski definition) is 4. The van der Waals surface area contributed by atoms with Gasteiger partial charge in [0.2, 0.25) is 0 Å². The molecule has 0 aliphatic rings. The average molecular weight is 256 g/mol. The molecule has 0 aliphatic heterocycles. The fraction of sp³-hybridized carbons (Fsp3) is 0.667. The van der Waals surface area contributed by atoms with Crippen molar-refractivity contribution in [1.29, 1.82) is 0 Å². The van der Waals surface area contributed by atoms with Crippen LogP contribution in [0.4, 0.5) is 0 Å². The van der Waals surface area contributed by atoms with E-state index in [0.29, 0.717) is 0 Å². The summed E-state index contributed by atoms with van der Waals surface area (Å²) in [7, 11) is 0. The zero-order chi connectivity index (χ0) is 14.0. The Balaban J connectivity index is 0.000000360. The number of aromatic amines is 1. The lowest BCUT2D eigenvalue weighted by Gasteiger charge is -2.13. The van der Waals surface area contributed by atoms with Gasteiger partial charge in [0.05, 0.1) is 6.33 Å². The number of carbonyl (C=O) groups is 1. The van der Waals surface area contributed by atoms with Crippen LogP contribution in [0, 0.1) is 0 Å². The molecule has 104 valence electrons. The molecule has 0 saturated carbocycles. The minimum absolute atomic E-state index is 0.287. The summed E-state index contributed by atoms with van der Waals surface area (Å²) in [5.41, 5.74) is 6.00. The molecule has 0 aromatic carbocycles. The molecule has 1 rings (SSSR count). The Labute approximate surface area is 108 Å². The number of hydrogen-bond donors (Lipinski definition) is 3. The van der Waals surface area contributed by atoms with Gasteiger partial charge in [-0.15, -0.1) is 0 Å². The third-order valence-electron chi connectivity index (χ3n) is 2.65. The Morgan fingerprint density at radius 1 is 1.44 bits per heavy atom. The topological polar surface area (TPSA) is 95.2 Å². The SMILES string of the molecule is CCN(CC)CC.NC(Cc1cnc[nH]1)C(=O)O. The first kappa shape index (κ1) is 16.6. The molecular formula is C12H24N4O2. The van der Waals surface area contributed by atoms with Crippen LogP contribution in [0.3, 0.4) is 0 Å². The van der Waals surface area contributed by atoms with Crippen LogP contribution < -0.4 is 5.73 Å². The van der Waals surface area contributed by atoms with Gasteiger partial charge in [-0.1, -0.05) is 20.8 Å². The number of nitrogens with one attached hydrogen (secondary N) is 1. The first-order valence-corrected chi connectivity index (χ1v) is 6.23. The fourth-order valence-corrected chi connectivity index (χ4v) is 1.39. The predicted molar refractivity (Wildman–Crippen MR) is 71.4 cm³/mol. The summed E-state index contributed by atoms with van der Waals surface area (Å²) < 4.78 is 0. The molecular weight excluding hydrogens is 232 g/mol. The second-order valence-electron chi connectivity index (χ2n) is 3.85. The van der Waals surface area contributed by atoms with Crippen molar-refractivity contribution in [3.63, 3.8) is 0 Å². The van der Waals surface area contributed by atoms with Gasteiger partial charge < -0.3 is 20.7 Å². The maximum absolute atomic E-state index is 10.3. The van der Waals surface area contributed by atoms with Crippen molar-refractivity contribution in [3.05, 3.63) is 18.2 Å². The highest BCUT2D eigenvalue weighted by atomic mass is 16.4. The molecule has 6 nitrogen and oxygen atoms in total. The van der Waals surface area contributed by atoms with Gasteiger partial charge >= 0.3 is 5.97 Å². The van der Waals surface area contributed by atoms with Crippen LogP contribution in [0.1, 0.15) is 26.5 Å². The van der Waals surface area contributed by atoms with E-state index in [4.69, 9.17) is 10.8 Å². The van der Waals surface area contributed by atoms with E-state index in [2.05, 4.69) is 35.6 Å². The molecule has 6 heteroatoms. The Morgan fingerprint density at radius 2 is 2.00 bits per heavy atom. The van der Waals surface area contributed by atoms with E-state index in [1.165, 1.54) is 26.0 Å². The van der Waals surface area contributed by atoms with Crippen molar-refractivity contribution in [2.45, 2.75) is 33.2 Å². The lowest BCUT2D eigenvalue weighted by molar-refractivity contribution is -0.138. The van der Waals surface area contributed by atoms with Gasteiger partial charge in [0.25, 0.3) is 0 Å². The smallest absolute Gasteiger partial charge is 0.320 e. The minimum atomic E-state index is -1.00. The summed E-state index contributed by atoms with van der Waals surface area (Å²) in [6.45, 7) is 10.1. The van der Waals surface area contributed by atoms with Gasteiger partial charge in [-0.2, -0.15) is 0 Å². The monoisotopic (exact) mass is 256 g/mol. The van der Waals surface area contributed by atoms with E-state index in [1.807, 2.05) is 0 Å². The summed E-state index contributed by atoms with van der Waals surface area (Å²) in [5, 5.41) is 8.42. The van der Waals surface area contributed by atoms with Crippen molar-refractivity contribution >= 4 is 5.97 Å². The van der Waals surface area contributed by atoms with Crippen LogP contribution >= 0.6 is 0 Å². The van der Waals surface area contributed by atoms with E-state index in [1.54, 1.807) is 6.20 Å². The van der Waals surface area contributed by atoms with Crippen LogP contribution in [0.25, 0.3) is 0 Å². The van der Waals surface area contributed by atoms with Crippen molar-refractivity contribution in [2.75, 3.05) is 19.6 Å². The molecule has 0 aliphatic carbocycles. The Kier molecular flexibility index (Phi) is 8.86. The van der Waals surface area contributed by atoms with E-state index in [-0.39, 0.29) is 6.42 Å². The van der Waals surface area contributed by atoms with Crippen molar-refractivity contribution in [3.8, 4) is 0 Å². The number of H-pyrrole nitrogens is 1. The van der Waals surface area contributed by atoms with Crippen molar-refractivity contribution in [1.82, 2.24) is 14.9 Å². The molecule has 1 atom stereocenters. The molecule has 1 aromatic heterocycles. The fourth-order valence-electron chi connectivity index (χ4n) is 1.39. The van der Waals surface area contributed by atoms with Gasteiger partial charge in [-0.25, -0.2) is 4.98 Å². The van der Waals surface area contributed by atoms with Crippen LogP contribution in [0.15, 0.2) is 12.5 Å². The molecule has 0 fully saturated rings. The van der Waals surface area contributed by atoms with Gasteiger partial charge in [-0.05, 0) is 19.6 Å². The molecule has 0 saturated heterocycles. The van der Waals surface area contributed by atoms with Crippen LogP contribution in [-0.2, 0) is 11.2 Å². The maximum Gasteiger partial charge on any atom is 0.320 e. The third-order valence-corrected chi connectivity index (χ3v) is 2.65. The summed E-state index contributed by atoms with van der Waals surface area (Å²) in [6, 6.07) is -0.851. The van der Waals surface area contributed by atoms with Gasteiger partial charge in [-0.3, -0.25) is 4.79 Å². The molecule has 0 spiro atoms. The van der Waals surface area contributed by atoms with Crippen LogP contribution in [-0.4, -0.2) is 51.6 Å². The van der Waals surface area contributed by atoms with Crippen molar-refractivity contribution < 1.29 is 9.90 Å². The second-order valence-corrected chi connectivity index (χ2v) is 3.85. The molecule has 1 heterocycles. The lowest BCUT2D eigenvalue weighted by atomic mass is 10.2. The molecule has 1 unspecified atom stereocenters. The standard InChI is InChI=1S/C6H9N3O2.C6H15N/c7-5(6(10)11)1-4-2-8-3-9-4;1-4-7(5-2)6-3/h2-3,5H,1,7H2,(H,8,9)(H,10,11);4-6H2,1-3H3. The first-order chi connectivity index (χ1) is 8.54. The Morgan fingerprint density at radius 3 is 2.28 bits per heavy atom.